The number of carbonyl (C=O) groups is 1. The molecule has 0 aliphatic rings. The molecule has 4 heteroatoms. The zero-order chi connectivity index (χ0) is 18.6. The Bertz CT molecular complexity index is 321. The number of thiocarbonyl (C=S) groups is 1. The highest BCUT2D eigenvalue weighted by atomic mass is 32.1. The summed E-state index contributed by atoms with van der Waals surface area (Å²) in [6, 6.07) is 0. The Balaban J connectivity index is 3.16. The van der Waals surface area contributed by atoms with E-state index in [0.717, 1.165) is 19.4 Å². The summed E-state index contributed by atoms with van der Waals surface area (Å²) in [5, 5.41) is 6.31. The van der Waals surface area contributed by atoms with Crippen molar-refractivity contribution in [1.29, 1.82) is 0 Å². The highest BCUT2D eigenvalue weighted by Gasteiger charge is 2.01. The Kier molecular flexibility index (Phi) is 19.2. The number of hydrogen-bond acceptors (Lipinski definition) is 2. The lowest BCUT2D eigenvalue weighted by Crippen LogP contribution is -2.39. The molecule has 0 saturated heterocycles. The Morgan fingerprint density at radius 1 is 0.680 bits per heavy atom. The zero-order valence-electron chi connectivity index (χ0n) is 16.8. The molecule has 0 rings (SSSR count). The van der Waals surface area contributed by atoms with Crippen LogP contribution in [0.1, 0.15) is 117 Å². The van der Waals surface area contributed by atoms with Crippen molar-refractivity contribution in [2.24, 2.45) is 0 Å². The Labute approximate surface area is 162 Å². The molecule has 0 fully saturated rings. The smallest absolute Gasteiger partial charge is 0.226 e. The van der Waals surface area contributed by atoms with Gasteiger partial charge in [-0.2, -0.15) is 0 Å². The standard InChI is InChI=1S/C21H42N2OS/c1-3-5-6-7-8-9-10-11-12-13-14-15-16-17-19-22-21(25)23-20(24)18-4-2/h3-19H2,1-2H3,(H2,22,23,24,25). The molecule has 0 heterocycles. The van der Waals surface area contributed by atoms with Crippen LogP contribution in [0.25, 0.3) is 0 Å². The van der Waals surface area contributed by atoms with Crippen LogP contribution in [-0.4, -0.2) is 17.6 Å². The Morgan fingerprint density at radius 2 is 1.12 bits per heavy atom. The third kappa shape index (κ3) is 19.5. The Hall–Kier alpha value is -0.640. The summed E-state index contributed by atoms with van der Waals surface area (Å²) in [4.78, 5) is 11.4. The van der Waals surface area contributed by atoms with E-state index in [4.69, 9.17) is 12.2 Å². The number of carbonyl (C=O) groups excluding carboxylic acids is 1. The van der Waals surface area contributed by atoms with Crippen LogP contribution in [0.3, 0.4) is 0 Å². The number of amides is 1. The largest absolute Gasteiger partial charge is 0.362 e. The Morgan fingerprint density at radius 3 is 1.56 bits per heavy atom. The molecular formula is C21H42N2OS. The molecule has 0 saturated carbocycles. The first-order valence-corrected chi connectivity index (χ1v) is 11.2. The average Bonchev–Trinajstić information content (AvgIpc) is 2.58. The monoisotopic (exact) mass is 370 g/mol. The minimum atomic E-state index is 0.0148. The van der Waals surface area contributed by atoms with E-state index < -0.39 is 0 Å². The van der Waals surface area contributed by atoms with Gasteiger partial charge in [0.1, 0.15) is 0 Å². The molecule has 0 radical (unpaired) electrons. The summed E-state index contributed by atoms with van der Waals surface area (Å²) in [6.07, 6.45) is 20.6. The van der Waals surface area contributed by atoms with Crippen LogP contribution in [0.2, 0.25) is 0 Å². The van der Waals surface area contributed by atoms with Crippen LogP contribution in [0.15, 0.2) is 0 Å². The zero-order valence-corrected chi connectivity index (χ0v) is 17.7. The summed E-state index contributed by atoms with van der Waals surface area (Å²) in [6.45, 7) is 5.13. The predicted octanol–water partition coefficient (Wildman–Crippen LogP) is 6.26. The lowest BCUT2D eigenvalue weighted by molar-refractivity contribution is -0.119. The van der Waals surface area contributed by atoms with Gasteiger partial charge >= 0.3 is 0 Å². The predicted molar refractivity (Wildman–Crippen MR) is 114 cm³/mol. The molecule has 0 unspecified atom stereocenters. The lowest BCUT2D eigenvalue weighted by Gasteiger charge is -2.09. The van der Waals surface area contributed by atoms with E-state index in [9.17, 15) is 4.79 Å². The number of hydrogen-bond donors (Lipinski definition) is 2. The van der Waals surface area contributed by atoms with Gasteiger partial charge in [0.05, 0.1) is 0 Å². The fourth-order valence-electron chi connectivity index (χ4n) is 2.98. The number of unbranched alkanes of at least 4 members (excludes halogenated alkanes) is 13. The first-order chi connectivity index (χ1) is 12.2. The molecule has 1 amide bonds. The molecule has 0 atom stereocenters. The van der Waals surface area contributed by atoms with Crippen molar-refractivity contribution in [3.05, 3.63) is 0 Å². The summed E-state index contributed by atoms with van der Waals surface area (Å²) in [7, 11) is 0. The van der Waals surface area contributed by atoms with Gasteiger partial charge < -0.3 is 10.6 Å². The molecule has 0 bridgehead atoms. The van der Waals surface area contributed by atoms with Crippen molar-refractivity contribution < 1.29 is 4.79 Å². The molecule has 0 aromatic heterocycles. The summed E-state index contributed by atoms with van der Waals surface area (Å²) < 4.78 is 0. The van der Waals surface area contributed by atoms with Crippen molar-refractivity contribution >= 4 is 23.2 Å². The second-order valence-corrected chi connectivity index (χ2v) is 7.56. The number of nitrogens with one attached hydrogen (secondary N) is 2. The minimum absolute atomic E-state index is 0.0148. The molecule has 0 aromatic carbocycles. The second-order valence-electron chi connectivity index (χ2n) is 7.15. The van der Waals surface area contributed by atoms with Crippen molar-refractivity contribution in [1.82, 2.24) is 10.6 Å². The van der Waals surface area contributed by atoms with Crippen molar-refractivity contribution in [2.45, 2.75) is 117 Å². The molecule has 0 aromatic rings. The number of rotatable bonds is 17. The van der Waals surface area contributed by atoms with Gasteiger partial charge in [-0.25, -0.2) is 0 Å². The summed E-state index contributed by atoms with van der Waals surface area (Å²) >= 11 is 5.10. The van der Waals surface area contributed by atoms with E-state index in [1.807, 2.05) is 6.92 Å². The van der Waals surface area contributed by atoms with Crippen molar-refractivity contribution in [2.75, 3.05) is 6.54 Å². The van der Waals surface area contributed by atoms with E-state index >= 15 is 0 Å². The maximum Gasteiger partial charge on any atom is 0.226 e. The first-order valence-electron chi connectivity index (χ1n) is 10.8. The van der Waals surface area contributed by atoms with Crippen LogP contribution in [0.4, 0.5) is 0 Å². The van der Waals surface area contributed by atoms with Gasteiger partial charge in [0.2, 0.25) is 5.91 Å². The maximum atomic E-state index is 11.4. The SMILES string of the molecule is CCCCCCCCCCCCCCCCNC(=S)NC(=O)CCC. The lowest BCUT2D eigenvalue weighted by atomic mass is 10.0. The van der Waals surface area contributed by atoms with Crippen LogP contribution in [0.5, 0.6) is 0 Å². The third-order valence-electron chi connectivity index (χ3n) is 4.55. The first kappa shape index (κ1) is 24.4. The van der Waals surface area contributed by atoms with Gasteiger partial charge in [0, 0.05) is 13.0 Å². The van der Waals surface area contributed by atoms with Crippen molar-refractivity contribution in [3.8, 4) is 0 Å². The topological polar surface area (TPSA) is 41.1 Å². The normalized spacial score (nSPS) is 10.6. The van der Waals surface area contributed by atoms with Crippen LogP contribution < -0.4 is 10.6 Å². The van der Waals surface area contributed by atoms with E-state index in [1.165, 1.54) is 83.5 Å². The van der Waals surface area contributed by atoms with Crippen molar-refractivity contribution in [3.63, 3.8) is 0 Å². The van der Waals surface area contributed by atoms with Crippen LogP contribution in [-0.2, 0) is 4.79 Å². The van der Waals surface area contributed by atoms with Gasteiger partial charge in [0.25, 0.3) is 0 Å². The molecule has 25 heavy (non-hydrogen) atoms. The molecule has 0 aliphatic heterocycles. The highest BCUT2D eigenvalue weighted by Crippen LogP contribution is 2.12. The molecular weight excluding hydrogens is 328 g/mol. The highest BCUT2D eigenvalue weighted by molar-refractivity contribution is 7.80. The van der Waals surface area contributed by atoms with Gasteiger partial charge in [-0.15, -0.1) is 0 Å². The summed E-state index contributed by atoms with van der Waals surface area (Å²) in [5.74, 6) is 0.0148. The average molecular weight is 371 g/mol. The fraction of sp³-hybridized carbons (Fsp3) is 0.905. The van der Waals surface area contributed by atoms with E-state index in [-0.39, 0.29) is 5.91 Å². The molecule has 148 valence electrons. The minimum Gasteiger partial charge on any atom is -0.362 e. The third-order valence-corrected chi connectivity index (χ3v) is 4.79. The quantitative estimate of drug-likeness (QED) is 0.234. The summed E-state index contributed by atoms with van der Waals surface area (Å²) in [5.41, 5.74) is 0. The fourth-order valence-corrected chi connectivity index (χ4v) is 3.20. The van der Waals surface area contributed by atoms with Crippen LogP contribution >= 0.6 is 12.2 Å². The second kappa shape index (κ2) is 19.7. The molecule has 0 spiro atoms. The van der Waals surface area contributed by atoms with E-state index in [2.05, 4.69) is 17.6 Å². The molecule has 3 nitrogen and oxygen atoms in total. The van der Waals surface area contributed by atoms with E-state index in [1.54, 1.807) is 0 Å². The van der Waals surface area contributed by atoms with Gasteiger partial charge in [0.15, 0.2) is 5.11 Å². The van der Waals surface area contributed by atoms with Crippen LogP contribution in [0, 0.1) is 0 Å². The molecule has 0 aliphatic carbocycles. The van der Waals surface area contributed by atoms with Gasteiger partial charge in [-0.3, -0.25) is 4.79 Å². The van der Waals surface area contributed by atoms with Gasteiger partial charge in [-0.05, 0) is 25.1 Å². The maximum absolute atomic E-state index is 11.4. The molecule has 2 N–H and O–H groups in total. The van der Waals surface area contributed by atoms with Gasteiger partial charge in [-0.1, -0.05) is 97.3 Å². The van der Waals surface area contributed by atoms with E-state index in [0.29, 0.717) is 11.5 Å².